The van der Waals surface area contributed by atoms with Gasteiger partial charge in [-0.3, -0.25) is 4.79 Å². The summed E-state index contributed by atoms with van der Waals surface area (Å²) in [6.45, 7) is 2.02. The van der Waals surface area contributed by atoms with Gasteiger partial charge in [0.25, 0.3) is 0 Å². The van der Waals surface area contributed by atoms with Crippen molar-refractivity contribution >= 4 is 35.0 Å². The monoisotopic (exact) mass is 252 g/mol. The van der Waals surface area contributed by atoms with Gasteiger partial charge in [-0.2, -0.15) is 4.99 Å². The largest absolute Gasteiger partial charge is 0.325 e. The number of benzene rings is 1. The molecule has 1 rings (SSSR count). The molecule has 0 heterocycles. The lowest BCUT2D eigenvalue weighted by atomic mass is 10.2. The average molecular weight is 253 g/mol. The minimum absolute atomic E-state index is 0.0691. The number of isocyanates is 1. The SMILES string of the molecule is CCCCC(=O)Nc1ccc(N=C=O)cc1Cl. The van der Waals surface area contributed by atoms with Crippen LogP contribution in [0.25, 0.3) is 0 Å². The molecule has 0 fully saturated rings. The number of unbranched alkanes of at least 4 members (excludes halogenated alkanes) is 1. The first kappa shape index (κ1) is 13.4. The summed E-state index contributed by atoms with van der Waals surface area (Å²) >= 11 is 5.94. The number of anilines is 1. The fourth-order valence-electron chi connectivity index (χ4n) is 1.28. The quantitative estimate of drug-likeness (QED) is 0.645. The van der Waals surface area contributed by atoms with E-state index in [9.17, 15) is 9.59 Å². The molecule has 0 saturated heterocycles. The van der Waals surface area contributed by atoms with Crippen molar-refractivity contribution in [1.82, 2.24) is 0 Å². The van der Waals surface area contributed by atoms with Crippen molar-refractivity contribution in [3.8, 4) is 0 Å². The lowest BCUT2D eigenvalue weighted by Crippen LogP contribution is -2.11. The zero-order chi connectivity index (χ0) is 12.7. The van der Waals surface area contributed by atoms with E-state index in [4.69, 9.17) is 11.6 Å². The van der Waals surface area contributed by atoms with Crippen LogP contribution in [0.15, 0.2) is 23.2 Å². The topological polar surface area (TPSA) is 58.5 Å². The average Bonchev–Trinajstić information content (AvgIpc) is 2.30. The number of amides is 1. The van der Waals surface area contributed by atoms with Gasteiger partial charge in [-0.25, -0.2) is 4.79 Å². The van der Waals surface area contributed by atoms with Gasteiger partial charge in [-0.05, 0) is 24.6 Å². The van der Waals surface area contributed by atoms with Gasteiger partial charge in [0.15, 0.2) is 0 Å². The van der Waals surface area contributed by atoms with Crippen LogP contribution in [0.5, 0.6) is 0 Å². The van der Waals surface area contributed by atoms with Crippen LogP contribution < -0.4 is 5.32 Å². The van der Waals surface area contributed by atoms with Crippen LogP contribution in [-0.4, -0.2) is 12.0 Å². The summed E-state index contributed by atoms with van der Waals surface area (Å²) in [5.74, 6) is -0.0691. The van der Waals surface area contributed by atoms with E-state index in [2.05, 4.69) is 10.3 Å². The Morgan fingerprint density at radius 3 is 2.88 bits per heavy atom. The van der Waals surface area contributed by atoms with E-state index in [1.54, 1.807) is 12.1 Å². The number of hydrogen-bond donors (Lipinski definition) is 1. The number of hydrogen-bond acceptors (Lipinski definition) is 3. The Morgan fingerprint density at radius 1 is 1.53 bits per heavy atom. The molecule has 90 valence electrons. The first-order valence-electron chi connectivity index (χ1n) is 5.34. The van der Waals surface area contributed by atoms with Crippen molar-refractivity contribution in [2.75, 3.05) is 5.32 Å². The molecule has 1 amide bonds. The van der Waals surface area contributed by atoms with E-state index in [1.165, 1.54) is 12.1 Å². The Balaban J connectivity index is 2.72. The third-order valence-corrected chi connectivity index (χ3v) is 2.47. The van der Waals surface area contributed by atoms with E-state index in [0.29, 0.717) is 22.8 Å². The van der Waals surface area contributed by atoms with Gasteiger partial charge >= 0.3 is 0 Å². The van der Waals surface area contributed by atoms with Crippen molar-refractivity contribution in [2.45, 2.75) is 26.2 Å². The van der Waals surface area contributed by atoms with Crippen molar-refractivity contribution in [3.05, 3.63) is 23.2 Å². The van der Waals surface area contributed by atoms with Crippen LogP contribution >= 0.6 is 11.6 Å². The molecule has 5 heteroatoms. The summed E-state index contributed by atoms with van der Waals surface area (Å²) in [6, 6.07) is 4.70. The van der Waals surface area contributed by atoms with Crippen LogP contribution in [0, 0.1) is 0 Å². The fourth-order valence-corrected chi connectivity index (χ4v) is 1.50. The number of aliphatic imine (C=N–C) groups is 1. The lowest BCUT2D eigenvalue weighted by Gasteiger charge is -2.06. The van der Waals surface area contributed by atoms with Crippen LogP contribution in [0.4, 0.5) is 11.4 Å². The maximum absolute atomic E-state index is 11.5. The highest BCUT2D eigenvalue weighted by molar-refractivity contribution is 6.34. The Morgan fingerprint density at radius 2 is 2.29 bits per heavy atom. The molecule has 0 spiro atoms. The minimum Gasteiger partial charge on any atom is -0.325 e. The second kappa shape index (κ2) is 6.84. The number of nitrogens with zero attached hydrogens (tertiary/aromatic N) is 1. The van der Waals surface area contributed by atoms with E-state index in [-0.39, 0.29) is 5.91 Å². The summed E-state index contributed by atoms with van der Waals surface area (Å²) in [5.41, 5.74) is 0.939. The van der Waals surface area contributed by atoms with E-state index >= 15 is 0 Å². The van der Waals surface area contributed by atoms with Gasteiger partial charge in [0.1, 0.15) is 0 Å². The molecule has 0 aromatic heterocycles. The van der Waals surface area contributed by atoms with Crippen molar-refractivity contribution in [3.63, 3.8) is 0 Å². The molecule has 0 unspecified atom stereocenters. The van der Waals surface area contributed by atoms with Gasteiger partial charge < -0.3 is 5.32 Å². The molecule has 4 nitrogen and oxygen atoms in total. The Kier molecular flexibility index (Phi) is 5.40. The lowest BCUT2D eigenvalue weighted by molar-refractivity contribution is -0.116. The van der Waals surface area contributed by atoms with Gasteiger partial charge in [-0.1, -0.05) is 24.9 Å². The first-order chi connectivity index (χ1) is 8.17. The maximum Gasteiger partial charge on any atom is 0.240 e. The molecule has 1 aromatic rings. The van der Waals surface area contributed by atoms with E-state index in [1.807, 2.05) is 6.92 Å². The smallest absolute Gasteiger partial charge is 0.240 e. The molecule has 0 atom stereocenters. The molecule has 0 aliphatic heterocycles. The van der Waals surface area contributed by atoms with Crippen LogP contribution in [-0.2, 0) is 9.59 Å². The highest BCUT2D eigenvalue weighted by Gasteiger charge is 2.05. The zero-order valence-corrected chi connectivity index (χ0v) is 10.3. The second-order valence-corrected chi connectivity index (χ2v) is 3.93. The standard InChI is InChI=1S/C12H13ClN2O2/c1-2-3-4-12(17)15-11-6-5-9(14-8-16)7-10(11)13/h5-7H,2-4H2,1H3,(H,15,17). The highest BCUT2D eigenvalue weighted by atomic mass is 35.5. The Bertz CT molecular complexity index is 454. The second-order valence-electron chi connectivity index (χ2n) is 3.52. The predicted molar refractivity (Wildman–Crippen MR) is 67.4 cm³/mol. The number of rotatable bonds is 5. The van der Waals surface area contributed by atoms with E-state index < -0.39 is 0 Å². The minimum atomic E-state index is -0.0691. The molecule has 17 heavy (non-hydrogen) atoms. The summed E-state index contributed by atoms with van der Waals surface area (Å²) in [6.07, 6.45) is 3.71. The summed E-state index contributed by atoms with van der Waals surface area (Å²) in [7, 11) is 0. The first-order valence-corrected chi connectivity index (χ1v) is 5.72. The van der Waals surface area contributed by atoms with Crippen molar-refractivity contribution < 1.29 is 9.59 Å². The molecule has 0 aliphatic carbocycles. The maximum atomic E-state index is 11.5. The van der Waals surface area contributed by atoms with Gasteiger partial charge in [0.05, 0.1) is 16.4 Å². The summed E-state index contributed by atoms with van der Waals surface area (Å²) in [4.78, 5) is 25.0. The molecule has 0 bridgehead atoms. The number of nitrogens with one attached hydrogen (secondary N) is 1. The third-order valence-electron chi connectivity index (χ3n) is 2.16. The zero-order valence-electron chi connectivity index (χ0n) is 9.50. The third kappa shape index (κ3) is 4.39. The molecular weight excluding hydrogens is 240 g/mol. The molecule has 0 saturated carbocycles. The number of carbonyl (C=O) groups is 1. The molecule has 0 aliphatic rings. The van der Waals surface area contributed by atoms with E-state index in [0.717, 1.165) is 12.8 Å². The van der Waals surface area contributed by atoms with Crippen molar-refractivity contribution in [1.29, 1.82) is 0 Å². The van der Waals surface area contributed by atoms with Gasteiger partial charge in [-0.15, -0.1) is 0 Å². The van der Waals surface area contributed by atoms with Crippen LogP contribution in [0.3, 0.4) is 0 Å². The van der Waals surface area contributed by atoms with Crippen molar-refractivity contribution in [2.24, 2.45) is 4.99 Å². The van der Waals surface area contributed by atoms with Gasteiger partial charge in [0.2, 0.25) is 12.0 Å². The molecule has 1 N–H and O–H groups in total. The molecule has 1 aromatic carbocycles. The molecule has 0 radical (unpaired) electrons. The van der Waals surface area contributed by atoms with Crippen LogP contribution in [0.2, 0.25) is 5.02 Å². The molecular formula is C12H13ClN2O2. The van der Waals surface area contributed by atoms with Crippen LogP contribution in [0.1, 0.15) is 26.2 Å². The number of carbonyl (C=O) groups excluding carboxylic acids is 2. The van der Waals surface area contributed by atoms with Gasteiger partial charge in [0, 0.05) is 6.42 Å². The Labute approximate surface area is 105 Å². The predicted octanol–water partition coefficient (Wildman–Crippen LogP) is 3.44. The fraction of sp³-hybridized carbons (Fsp3) is 0.333. The summed E-state index contributed by atoms with van der Waals surface area (Å²) < 4.78 is 0. The Hall–Kier alpha value is -1.64. The normalized spacial score (nSPS) is 9.53. The highest BCUT2D eigenvalue weighted by Crippen LogP contribution is 2.26. The number of halogens is 1. The summed E-state index contributed by atoms with van der Waals surface area (Å²) in [5, 5.41) is 3.06.